The van der Waals surface area contributed by atoms with Crippen LogP contribution >= 0.6 is 0 Å². The largest absolute Gasteiger partial charge is 0.586 e. The van der Waals surface area contributed by atoms with Crippen LogP contribution in [-0.4, -0.2) is 21.8 Å². The van der Waals surface area contributed by atoms with Gasteiger partial charge < -0.3 is 19.4 Å². The van der Waals surface area contributed by atoms with E-state index in [1.165, 1.54) is 18.2 Å². The van der Waals surface area contributed by atoms with Gasteiger partial charge in [0.1, 0.15) is 12.4 Å². The molecule has 25 heavy (non-hydrogen) atoms. The van der Waals surface area contributed by atoms with E-state index in [4.69, 9.17) is 0 Å². The molecule has 3 aromatic rings. The van der Waals surface area contributed by atoms with Crippen LogP contribution in [0.25, 0.3) is 11.0 Å². The Morgan fingerprint density at radius 3 is 2.80 bits per heavy atom. The molecular formula is C17H13F2N3O3. The predicted octanol–water partition coefficient (Wildman–Crippen LogP) is 3.30. The van der Waals surface area contributed by atoms with E-state index in [2.05, 4.69) is 19.8 Å². The fraction of sp³-hybridized carbons (Fsp3) is 0.176. The van der Waals surface area contributed by atoms with Crippen molar-refractivity contribution in [1.82, 2.24) is 9.55 Å². The van der Waals surface area contributed by atoms with Crippen LogP contribution in [0.4, 0.5) is 14.5 Å². The van der Waals surface area contributed by atoms with Crippen LogP contribution in [0.5, 0.6) is 11.5 Å². The number of benzene rings is 2. The minimum absolute atomic E-state index is 0.0525. The van der Waals surface area contributed by atoms with Gasteiger partial charge in [0.15, 0.2) is 11.5 Å². The van der Waals surface area contributed by atoms with Crippen molar-refractivity contribution in [2.75, 3.05) is 5.32 Å². The quantitative estimate of drug-likeness (QED) is 0.791. The second kappa shape index (κ2) is 5.44. The highest BCUT2D eigenvalue weighted by Gasteiger charge is 2.43. The Labute approximate surface area is 141 Å². The summed E-state index contributed by atoms with van der Waals surface area (Å²) in [6.45, 7) is 1.87. The number of nitrogens with one attached hydrogen (secondary N) is 1. The number of carbonyl (C=O) groups excluding carboxylic acids is 1. The molecule has 4 rings (SSSR count). The van der Waals surface area contributed by atoms with Crippen molar-refractivity contribution in [2.45, 2.75) is 19.8 Å². The molecule has 1 amide bonds. The lowest BCUT2D eigenvalue weighted by molar-refractivity contribution is -0.286. The number of halogens is 2. The molecule has 0 saturated heterocycles. The minimum Gasteiger partial charge on any atom is -0.395 e. The minimum atomic E-state index is -3.68. The number of imidazole rings is 1. The standard InChI is InChI=1S/C17H13F2N3O3/c1-10-20-12-4-2-3-5-13(12)22(10)9-16(23)21-11-6-7-14-15(8-11)25-17(18,19)24-14/h2-8H,9H2,1H3,(H,21,23). The molecule has 2 heterocycles. The van der Waals surface area contributed by atoms with Crippen LogP contribution in [0.1, 0.15) is 5.82 Å². The first kappa shape index (κ1) is 15.4. The second-order valence-corrected chi connectivity index (χ2v) is 5.61. The molecular weight excluding hydrogens is 332 g/mol. The van der Waals surface area contributed by atoms with Crippen LogP contribution in [-0.2, 0) is 11.3 Å². The van der Waals surface area contributed by atoms with E-state index in [0.717, 1.165) is 11.0 Å². The summed E-state index contributed by atoms with van der Waals surface area (Å²) in [5.74, 6) is 0.213. The number of ether oxygens (including phenoxy) is 2. The van der Waals surface area contributed by atoms with E-state index in [-0.39, 0.29) is 24.0 Å². The van der Waals surface area contributed by atoms with Crippen LogP contribution in [0.2, 0.25) is 0 Å². The fourth-order valence-electron chi connectivity index (χ4n) is 2.77. The summed E-state index contributed by atoms with van der Waals surface area (Å²) < 4.78 is 36.6. The first-order valence-electron chi connectivity index (χ1n) is 7.53. The zero-order valence-corrected chi connectivity index (χ0v) is 13.1. The maximum absolute atomic E-state index is 13.0. The molecule has 0 fully saturated rings. The predicted molar refractivity (Wildman–Crippen MR) is 85.7 cm³/mol. The maximum atomic E-state index is 13.0. The third kappa shape index (κ3) is 2.86. The normalized spacial score (nSPS) is 14.7. The molecule has 2 aromatic carbocycles. The Morgan fingerprint density at radius 2 is 1.96 bits per heavy atom. The summed E-state index contributed by atoms with van der Waals surface area (Å²) in [6, 6.07) is 11.6. The van der Waals surface area contributed by atoms with E-state index in [1.807, 2.05) is 31.2 Å². The lowest BCUT2D eigenvalue weighted by Gasteiger charge is -2.09. The third-order valence-electron chi connectivity index (χ3n) is 3.83. The van der Waals surface area contributed by atoms with Gasteiger partial charge in [0.05, 0.1) is 11.0 Å². The molecule has 1 aliphatic rings. The van der Waals surface area contributed by atoms with Gasteiger partial charge in [-0.3, -0.25) is 4.79 Å². The summed E-state index contributed by atoms with van der Waals surface area (Å²) in [4.78, 5) is 16.7. The van der Waals surface area contributed by atoms with E-state index in [9.17, 15) is 13.6 Å². The van der Waals surface area contributed by atoms with Gasteiger partial charge in [-0.15, -0.1) is 8.78 Å². The third-order valence-corrected chi connectivity index (χ3v) is 3.83. The summed E-state index contributed by atoms with van der Waals surface area (Å²) in [5.41, 5.74) is 1.99. The highest BCUT2D eigenvalue weighted by atomic mass is 19.3. The molecule has 0 spiro atoms. The van der Waals surface area contributed by atoms with Gasteiger partial charge in [0, 0.05) is 11.8 Å². The van der Waals surface area contributed by atoms with Gasteiger partial charge in [0.25, 0.3) is 0 Å². The summed E-state index contributed by atoms with van der Waals surface area (Å²) >= 11 is 0. The van der Waals surface area contributed by atoms with Gasteiger partial charge in [-0.05, 0) is 31.2 Å². The smallest absolute Gasteiger partial charge is 0.395 e. The van der Waals surface area contributed by atoms with Gasteiger partial charge in [-0.2, -0.15) is 0 Å². The van der Waals surface area contributed by atoms with Crippen molar-refractivity contribution in [1.29, 1.82) is 0 Å². The lowest BCUT2D eigenvalue weighted by Crippen LogP contribution is -2.25. The SMILES string of the molecule is Cc1nc2ccccc2n1CC(=O)Nc1ccc2c(c1)OC(F)(F)O2. The summed E-state index contributed by atoms with van der Waals surface area (Å²) in [7, 11) is 0. The molecule has 0 saturated carbocycles. The number of carbonyl (C=O) groups is 1. The average molecular weight is 345 g/mol. The molecule has 0 aliphatic carbocycles. The number of aryl methyl sites for hydroxylation is 1. The molecule has 0 unspecified atom stereocenters. The van der Waals surface area contributed by atoms with Crippen molar-refractivity contribution in [3.05, 3.63) is 48.3 Å². The maximum Gasteiger partial charge on any atom is 0.586 e. The number of amides is 1. The van der Waals surface area contributed by atoms with Crippen LogP contribution in [0, 0.1) is 6.92 Å². The fourth-order valence-corrected chi connectivity index (χ4v) is 2.77. The number of hydrogen-bond donors (Lipinski definition) is 1. The first-order valence-corrected chi connectivity index (χ1v) is 7.53. The monoisotopic (exact) mass is 345 g/mol. The summed E-state index contributed by atoms with van der Waals surface area (Å²) in [6.07, 6.45) is -3.68. The Balaban J connectivity index is 1.52. The van der Waals surface area contributed by atoms with E-state index in [0.29, 0.717) is 11.5 Å². The van der Waals surface area contributed by atoms with Crippen LogP contribution < -0.4 is 14.8 Å². The van der Waals surface area contributed by atoms with Crippen molar-refractivity contribution in [2.24, 2.45) is 0 Å². The molecule has 1 N–H and O–H groups in total. The molecule has 1 aromatic heterocycles. The molecule has 128 valence electrons. The molecule has 0 atom stereocenters. The zero-order valence-electron chi connectivity index (χ0n) is 13.1. The Hall–Kier alpha value is -3.16. The lowest BCUT2D eigenvalue weighted by atomic mass is 10.2. The highest BCUT2D eigenvalue weighted by Crippen LogP contribution is 2.42. The number of hydrogen-bond acceptors (Lipinski definition) is 4. The Kier molecular flexibility index (Phi) is 3.34. The van der Waals surface area contributed by atoms with Crippen molar-refractivity contribution in [3.8, 4) is 11.5 Å². The van der Waals surface area contributed by atoms with E-state index in [1.54, 1.807) is 4.57 Å². The molecule has 8 heteroatoms. The molecule has 6 nitrogen and oxygen atoms in total. The van der Waals surface area contributed by atoms with Gasteiger partial charge in [-0.1, -0.05) is 12.1 Å². The number of rotatable bonds is 3. The zero-order chi connectivity index (χ0) is 17.6. The van der Waals surface area contributed by atoms with Gasteiger partial charge in [0.2, 0.25) is 5.91 Å². The number of para-hydroxylation sites is 2. The van der Waals surface area contributed by atoms with Gasteiger partial charge >= 0.3 is 6.29 Å². The number of fused-ring (bicyclic) bond motifs is 2. The average Bonchev–Trinajstić information content (AvgIpc) is 3.02. The van der Waals surface area contributed by atoms with E-state index >= 15 is 0 Å². The highest BCUT2D eigenvalue weighted by molar-refractivity contribution is 5.92. The Bertz CT molecular complexity index is 984. The number of alkyl halides is 2. The molecule has 0 bridgehead atoms. The van der Waals surface area contributed by atoms with Crippen LogP contribution in [0.3, 0.4) is 0 Å². The van der Waals surface area contributed by atoms with Crippen molar-refractivity contribution in [3.63, 3.8) is 0 Å². The van der Waals surface area contributed by atoms with Crippen molar-refractivity contribution < 1.29 is 23.0 Å². The Morgan fingerprint density at radius 1 is 1.20 bits per heavy atom. The second-order valence-electron chi connectivity index (χ2n) is 5.61. The number of nitrogens with zero attached hydrogens (tertiary/aromatic N) is 2. The van der Waals surface area contributed by atoms with E-state index < -0.39 is 6.29 Å². The summed E-state index contributed by atoms with van der Waals surface area (Å²) in [5, 5.41) is 2.66. The first-order chi connectivity index (χ1) is 11.9. The molecule has 1 aliphatic heterocycles. The van der Waals surface area contributed by atoms with Crippen molar-refractivity contribution >= 4 is 22.6 Å². The van der Waals surface area contributed by atoms with Gasteiger partial charge in [-0.25, -0.2) is 4.98 Å². The number of anilines is 1. The van der Waals surface area contributed by atoms with Crippen LogP contribution in [0.15, 0.2) is 42.5 Å². The number of aromatic nitrogens is 2. The topological polar surface area (TPSA) is 65.4 Å². The molecule has 0 radical (unpaired) electrons.